The van der Waals surface area contributed by atoms with E-state index in [0.717, 1.165) is 10.9 Å². The number of nitrogen functional groups attached to an aromatic ring is 1. The summed E-state index contributed by atoms with van der Waals surface area (Å²) in [4.78, 5) is 1.67. The maximum atomic E-state index is 13.1. The smallest absolute Gasteiger partial charge is 0.399 e. The highest BCUT2D eigenvalue weighted by atomic mass is 32.1. The highest BCUT2D eigenvalue weighted by Gasteiger charge is 2.34. The van der Waals surface area contributed by atoms with Crippen molar-refractivity contribution in [3.05, 3.63) is 40.8 Å². The average Bonchev–Trinajstić information content (AvgIpc) is 2.76. The first-order valence-electron chi connectivity index (χ1n) is 6.16. The van der Waals surface area contributed by atoms with Crippen LogP contribution in [0.2, 0.25) is 0 Å². The van der Waals surface area contributed by atoms with Crippen molar-refractivity contribution in [3.63, 3.8) is 0 Å². The van der Waals surface area contributed by atoms with Gasteiger partial charge in [0.2, 0.25) is 0 Å². The van der Waals surface area contributed by atoms with E-state index in [1.165, 1.54) is 23.5 Å². The Labute approximate surface area is 120 Å². The molecule has 1 heterocycles. The molecule has 0 atom stereocenters. The first-order valence-corrected chi connectivity index (χ1v) is 6.98. The van der Waals surface area contributed by atoms with Gasteiger partial charge in [0.15, 0.2) is 0 Å². The quantitative estimate of drug-likeness (QED) is 0.709. The molecule has 0 aliphatic carbocycles. The number of anilines is 1. The summed E-state index contributed by atoms with van der Waals surface area (Å²) in [5, 5.41) is 0. The van der Waals surface area contributed by atoms with Gasteiger partial charge in [0.1, 0.15) is 0 Å². The molecule has 0 saturated carbocycles. The van der Waals surface area contributed by atoms with Gasteiger partial charge in [-0.3, -0.25) is 0 Å². The van der Waals surface area contributed by atoms with Gasteiger partial charge in [-0.15, -0.1) is 11.3 Å². The minimum absolute atomic E-state index is 0.0743. The summed E-state index contributed by atoms with van der Waals surface area (Å²) in [6.07, 6.45) is -4.41. The number of hydrogen-bond acceptors (Lipinski definition) is 2. The molecule has 0 unspecified atom stereocenters. The lowest BCUT2D eigenvalue weighted by molar-refractivity contribution is -0.137. The van der Waals surface area contributed by atoms with Crippen molar-refractivity contribution < 1.29 is 13.2 Å². The number of hydrogen-bond donors (Lipinski definition) is 1. The summed E-state index contributed by atoms with van der Waals surface area (Å²) < 4.78 is 39.3. The molecule has 108 valence electrons. The number of halogens is 3. The van der Waals surface area contributed by atoms with Crippen LogP contribution in [0.1, 0.15) is 31.2 Å². The van der Waals surface area contributed by atoms with E-state index in [9.17, 15) is 13.2 Å². The van der Waals surface area contributed by atoms with Gasteiger partial charge in [0.05, 0.1) is 5.56 Å². The lowest BCUT2D eigenvalue weighted by Crippen LogP contribution is -2.08. The largest absolute Gasteiger partial charge is 0.417 e. The van der Waals surface area contributed by atoms with Crippen LogP contribution in [-0.4, -0.2) is 0 Å². The molecule has 1 nitrogen and oxygen atoms in total. The normalized spacial score (nSPS) is 12.7. The monoisotopic (exact) mass is 299 g/mol. The van der Waals surface area contributed by atoms with E-state index in [4.69, 9.17) is 5.73 Å². The van der Waals surface area contributed by atoms with Gasteiger partial charge in [-0.1, -0.05) is 26.8 Å². The Morgan fingerprint density at radius 1 is 1.00 bits per heavy atom. The van der Waals surface area contributed by atoms with Crippen molar-refractivity contribution >= 4 is 17.0 Å². The second-order valence-electron chi connectivity index (χ2n) is 5.72. The second-order valence-corrected chi connectivity index (χ2v) is 6.80. The molecule has 0 amide bonds. The van der Waals surface area contributed by atoms with Crippen LogP contribution < -0.4 is 5.73 Å². The number of rotatable bonds is 1. The molecule has 20 heavy (non-hydrogen) atoms. The molecular formula is C15H16F3NS. The Morgan fingerprint density at radius 3 is 2.15 bits per heavy atom. The third kappa shape index (κ3) is 2.98. The number of benzene rings is 1. The van der Waals surface area contributed by atoms with E-state index in [-0.39, 0.29) is 16.7 Å². The topological polar surface area (TPSA) is 26.0 Å². The first-order chi connectivity index (χ1) is 9.09. The molecule has 2 aromatic rings. The summed E-state index contributed by atoms with van der Waals surface area (Å²) in [5.41, 5.74) is 5.03. The van der Waals surface area contributed by atoms with E-state index in [1.54, 1.807) is 6.07 Å². The molecule has 0 bridgehead atoms. The van der Waals surface area contributed by atoms with Crippen molar-refractivity contribution in [3.8, 4) is 10.4 Å². The van der Waals surface area contributed by atoms with Crippen molar-refractivity contribution in [2.45, 2.75) is 32.4 Å². The van der Waals surface area contributed by atoms with E-state index < -0.39 is 11.7 Å². The zero-order valence-electron chi connectivity index (χ0n) is 11.5. The lowest BCUT2D eigenvalue weighted by Gasteiger charge is -2.16. The van der Waals surface area contributed by atoms with E-state index in [1.807, 2.05) is 26.8 Å². The van der Waals surface area contributed by atoms with Crippen LogP contribution in [0.3, 0.4) is 0 Å². The van der Waals surface area contributed by atoms with Gasteiger partial charge >= 0.3 is 6.18 Å². The average molecular weight is 299 g/mol. The number of nitrogens with two attached hydrogens (primary N) is 1. The van der Waals surface area contributed by atoms with Crippen LogP contribution in [0.15, 0.2) is 30.3 Å². The molecule has 0 radical (unpaired) electrons. The molecule has 2 N–H and O–H groups in total. The zero-order chi connectivity index (χ0) is 15.1. The molecule has 2 rings (SSSR count). The highest BCUT2D eigenvalue weighted by Crippen LogP contribution is 2.42. The Bertz CT molecular complexity index is 621. The summed E-state index contributed by atoms with van der Waals surface area (Å²) in [7, 11) is 0. The zero-order valence-corrected chi connectivity index (χ0v) is 12.3. The van der Waals surface area contributed by atoms with Crippen LogP contribution in [-0.2, 0) is 11.6 Å². The van der Waals surface area contributed by atoms with E-state index >= 15 is 0 Å². The fourth-order valence-corrected chi connectivity index (χ4v) is 3.00. The molecule has 5 heteroatoms. The maximum Gasteiger partial charge on any atom is 0.417 e. The molecule has 0 aliphatic heterocycles. The van der Waals surface area contributed by atoms with E-state index in [2.05, 4.69) is 0 Å². The van der Waals surface area contributed by atoms with Gasteiger partial charge in [0, 0.05) is 21.0 Å². The summed E-state index contributed by atoms with van der Waals surface area (Å²) in [5.74, 6) is 0. The van der Waals surface area contributed by atoms with Crippen LogP contribution in [0.25, 0.3) is 10.4 Å². The molecule has 1 aromatic carbocycles. The fraction of sp³-hybridized carbons (Fsp3) is 0.333. The SMILES string of the molecule is CC(C)(C)c1ccc(-c2ccc(N)cc2C(F)(F)F)s1. The predicted octanol–water partition coefficient (Wildman–Crippen LogP) is 5.31. The third-order valence-corrected chi connectivity index (χ3v) is 4.50. The summed E-state index contributed by atoms with van der Waals surface area (Å²) in [6.45, 7) is 6.11. The summed E-state index contributed by atoms with van der Waals surface area (Å²) in [6, 6.07) is 7.56. The molecule has 1 aromatic heterocycles. The van der Waals surface area contributed by atoms with Crippen LogP contribution in [0.5, 0.6) is 0 Å². The Balaban J connectivity index is 2.56. The molecule has 0 saturated heterocycles. The standard InChI is InChI=1S/C15H16F3NS/c1-14(2,3)13-7-6-12(20-13)10-5-4-9(19)8-11(10)15(16,17)18/h4-8H,19H2,1-3H3. The van der Waals surface area contributed by atoms with Crippen molar-refractivity contribution in [1.29, 1.82) is 0 Å². The van der Waals surface area contributed by atoms with Gasteiger partial charge < -0.3 is 5.73 Å². The fourth-order valence-electron chi connectivity index (χ4n) is 1.90. The highest BCUT2D eigenvalue weighted by molar-refractivity contribution is 7.15. The molecule has 0 aliphatic rings. The Morgan fingerprint density at radius 2 is 1.65 bits per heavy atom. The minimum atomic E-state index is -4.41. The number of thiophene rings is 1. The van der Waals surface area contributed by atoms with Crippen LogP contribution in [0, 0.1) is 0 Å². The van der Waals surface area contributed by atoms with Crippen molar-refractivity contribution in [2.24, 2.45) is 0 Å². The van der Waals surface area contributed by atoms with Gasteiger partial charge in [-0.2, -0.15) is 13.2 Å². The predicted molar refractivity (Wildman–Crippen MR) is 77.9 cm³/mol. The molecule has 0 fully saturated rings. The minimum Gasteiger partial charge on any atom is -0.399 e. The van der Waals surface area contributed by atoms with Crippen molar-refractivity contribution in [2.75, 3.05) is 5.73 Å². The Kier molecular flexibility index (Phi) is 3.58. The van der Waals surface area contributed by atoms with Crippen molar-refractivity contribution in [1.82, 2.24) is 0 Å². The van der Waals surface area contributed by atoms with Gasteiger partial charge in [-0.25, -0.2) is 0 Å². The maximum absolute atomic E-state index is 13.1. The first kappa shape index (κ1) is 14.9. The van der Waals surface area contributed by atoms with Gasteiger partial charge in [-0.05, 0) is 29.7 Å². The van der Waals surface area contributed by atoms with E-state index in [0.29, 0.717) is 4.88 Å². The van der Waals surface area contributed by atoms with Crippen LogP contribution in [0.4, 0.5) is 18.9 Å². The van der Waals surface area contributed by atoms with Gasteiger partial charge in [0.25, 0.3) is 0 Å². The second kappa shape index (κ2) is 4.81. The number of alkyl halides is 3. The lowest BCUT2D eigenvalue weighted by atomic mass is 9.95. The molecular weight excluding hydrogens is 283 g/mol. The third-order valence-electron chi connectivity index (χ3n) is 2.96. The van der Waals surface area contributed by atoms with Crippen LogP contribution >= 0.6 is 11.3 Å². The summed E-state index contributed by atoms with van der Waals surface area (Å²) >= 11 is 1.39. The Hall–Kier alpha value is -1.49. The molecule has 0 spiro atoms.